The van der Waals surface area contributed by atoms with E-state index in [0.717, 1.165) is 6.33 Å². The fourth-order valence-corrected chi connectivity index (χ4v) is 1.03. The minimum Gasteiger partial charge on any atom is -0.381 e. The maximum absolute atomic E-state index is 12.3. The molecular formula is C6H4F3N5. The topological polar surface area (TPSA) is 69.1 Å². The summed E-state index contributed by atoms with van der Waals surface area (Å²) in [5.41, 5.74) is 4.24. The summed E-state index contributed by atoms with van der Waals surface area (Å²) in [6.45, 7) is 0. The molecule has 2 heterocycles. The van der Waals surface area contributed by atoms with Crippen molar-refractivity contribution in [2.75, 3.05) is 5.73 Å². The number of aromatic nitrogens is 4. The first-order valence-electron chi connectivity index (χ1n) is 3.51. The van der Waals surface area contributed by atoms with Gasteiger partial charge in [-0.2, -0.15) is 18.3 Å². The molecule has 0 saturated carbocycles. The van der Waals surface area contributed by atoms with Crippen molar-refractivity contribution in [2.45, 2.75) is 6.18 Å². The van der Waals surface area contributed by atoms with Gasteiger partial charge >= 0.3 is 6.18 Å². The maximum atomic E-state index is 12.3. The fourth-order valence-electron chi connectivity index (χ4n) is 1.03. The molecule has 0 aliphatic rings. The standard InChI is InChI=1S/C6H4F3N5/c7-6(8,9)3-1-11-5-4(10)12-2-13-14(3)5/h1-2H,(H2,10,12,13). The summed E-state index contributed by atoms with van der Waals surface area (Å²) in [4.78, 5) is 7.00. The average molecular weight is 203 g/mol. The van der Waals surface area contributed by atoms with Gasteiger partial charge in [-0.1, -0.05) is 0 Å². The van der Waals surface area contributed by atoms with Crippen LogP contribution in [0.4, 0.5) is 19.0 Å². The Bertz CT molecular complexity index is 474. The first kappa shape index (κ1) is 8.73. The molecule has 8 heteroatoms. The fraction of sp³-hybridized carbons (Fsp3) is 0.167. The van der Waals surface area contributed by atoms with Crippen molar-refractivity contribution >= 4 is 11.5 Å². The minimum absolute atomic E-state index is 0.0875. The van der Waals surface area contributed by atoms with E-state index in [-0.39, 0.29) is 11.5 Å². The molecule has 14 heavy (non-hydrogen) atoms. The third-order valence-electron chi connectivity index (χ3n) is 1.62. The van der Waals surface area contributed by atoms with Gasteiger partial charge in [0.05, 0.1) is 6.20 Å². The minimum atomic E-state index is -4.50. The Kier molecular flexibility index (Phi) is 1.60. The summed E-state index contributed by atoms with van der Waals surface area (Å²) in [7, 11) is 0. The molecule has 0 aliphatic heterocycles. The number of halogens is 3. The Morgan fingerprint density at radius 2 is 2.00 bits per heavy atom. The molecule has 0 spiro atoms. The summed E-state index contributed by atoms with van der Waals surface area (Å²) < 4.78 is 37.6. The zero-order chi connectivity index (χ0) is 10.3. The van der Waals surface area contributed by atoms with E-state index in [1.165, 1.54) is 0 Å². The normalized spacial score (nSPS) is 12.2. The lowest BCUT2D eigenvalue weighted by molar-refractivity contribution is -0.142. The SMILES string of the molecule is Nc1ncnn2c(C(F)(F)F)cnc12. The molecule has 2 N–H and O–H groups in total. The number of hydrogen-bond acceptors (Lipinski definition) is 4. The van der Waals surface area contributed by atoms with E-state index in [4.69, 9.17) is 5.73 Å². The summed E-state index contributed by atoms with van der Waals surface area (Å²) in [6, 6.07) is 0. The third-order valence-corrected chi connectivity index (χ3v) is 1.62. The van der Waals surface area contributed by atoms with Crippen LogP contribution in [0, 0.1) is 0 Å². The molecule has 0 fully saturated rings. The predicted molar refractivity (Wildman–Crippen MR) is 40.2 cm³/mol. The molecule has 0 unspecified atom stereocenters. The Hall–Kier alpha value is -1.86. The number of fused-ring (bicyclic) bond motifs is 1. The second-order valence-electron chi connectivity index (χ2n) is 2.52. The van der Waals surface area contributed by atoms with Gasteiger partial charge in [0.15, 0.2) is 17.2 Å². The van der Waals surface area contributed by atoms with Gasteiger partial charge in [-0.05, 0) is 0 Å². The number of imidazole rings is 1. The van der Waals surface area contributed by atoms with Crippen LogP contribution in [-0.4, -0.2) is 19.6 Å². The molecule has 0 bridgehead atoms. The van der Waals surface area contributed by atoms with Crippen LogP contribution in [0.3, 0.4) is 0 Å². The maximum Gasteiger partial charge on any atom is 0.435 e. The van der Waals surface area contributed by atoms with Gasteiger partial charge in [-0.15, -0.1) is 0 Å². The zero-order valence-corrected chi connectivity index (χ0v) is 6.65. The highest BCUT2D eigenvalue weighted by Crippen LogP contribution is 2.29. The third kappa shape index (κ3) is 1.15. The van der Waals surface area contributed by atoms with Crippen molar-refractivity contribution < 1.29 is 13.2 Å². The van der Waals surface area contributed by atoms with Crippen LogP contribution in [0.1, 0.15) is 5.69 Å². The Balaban J connectivity index is 2.76. The number of anilines is 1. The van der Waals surface area contributed by atoms with E-state index in [2.05, 4.69) is 15.1 Å². The van der Waals surface area contributed by atoms with Crippen molar-refractivity contribution in [3.05, 3.63) is 18.2 Å². The van der Waals surface area contributed by atoms with Crippen molar-refractivity contribution in [3.8, 4) is 0 Å². The second kappa shape index (κ2) is 2.56. The Labute approximate surface area is 75.4 Å². The number of hydrogen-bond donors (Lipinski definition) is 1. The molecular weight excluding hydrogens is 199 g/mol. The van der Waals surface area contributed by atoms with Crippen LogP contribution in [0.5, 0.6) is 0 Å². The average Bonchev–Trinajstić information content (AvgIpc) is 2.47. The van der Waals surface area contributed by atoms with E-state index in [0.29, 0.717) is 10.7 Å². The van der Waals surface area contributed by atoms with Crippen molar-refractivity contribution in [2.24, 2.45) is 0 Å². The first-order valence-corrected chi connectivity index (χ1v) is 3.51. The monoisotopic (exact) mass is 203 g/mol. The summed E-state index contributed by atoms with van der Waals surface area (Å²) in [5, 5.41) is 3.41. The highest BCUT2D eigenvalue weighted by molar-refractivity contribution is 5.58. The van der Waals surface area contributed by atoms with E-state index in [1.54, 1.807) is 0 Å². The van der Waals surface area contributed by atoms with Crippen LogP contribution in [-0.2, 0) is 6.18 Å². The van der Waals surface area contributed by atoms with Gasteiger partial charge in [0, 0.05) is 0 Å². The van der Waals surface area contributed by atoms with Gasteiger partial charge in [0.25, 0.3) is 0 Å². The highest BCUT2D eigenvalue weighted by atomic mass is 19.4. The molecule has 2 aromatic rings. The molecule has 0 atom stereocenters. The Morgan fingerprint density at radius 3 is 2.64 bits per heavy atom. The van der Waals surface area contributed by atoms with E-state index >= 15 is 0 Å². The van der Waals surface area contributed by atoms with Crippen LogP contribution in [0.25, 0.3) is 5.65 Å². The first-order chi connectivity index (χ1) is 6.50. The van der Waals surface area contributed by atoms with Crippen LogP contribution in [0.2, 0.25) is 0 Å². The largest absolute Gasteiger partial charge is 0.435 e. The number of nitrogens with two attached hydrogens (primary N) is 1. The molecule has 5 nitrogen and oxygen atoms in total. The van der Waals surface area contributed by atoms with Gasteiger partial charge in [-0.3, -0.25) is 0 Å². The van der Waals surface area contributed by atoms with Crippen LogP contribution < -0.4 is 5.73 Å². The van der Waals surface area contributed by atoms with Crippen molar-refractivity contribution in [1.82, 2.24) is 19.6 Å². The van der Waals surface area contributed by atoms with Crippen LogP contribution >= 0.6 is 0 Å². The summed E-state index contributed by atoms with van der Waals surface area (Å²) in [6.07, 6.45) is -2.89. The van der Waals surface area contributed by atoms with Gasteiger partial charge < -0.3 is 5.73 Å². The summed E-state index contributed by atoms with van der Waals surface area (Å²) in [5.74, 6) is -0.0875. The number of nitrogen functional groups attached to an aromatic ring is 1. The molecule has 2 rings (SSSR count). The van der Waals surface area contributed by atoms with E-state index in [1.807, 2.05) is 0 Å². The van der Waals surface area contributed by atoms with Crippen molar-refractivity contribution in [3.63, 3.8) is 0 Å². The smallest absolute Gasteiger partial charge is 0.381 e. The van der Waals surface area contributed by atoms with Crippen molar-refractivity contribution in [1.29, 1.82) is 0 Å². The highest BCUT2D eigenvalue weighted by Gasteiger charge is 2.35. The predicted octanol–water partition coefficient (Wildman–Crippen LogP) is 0.725. The van der Waals surface area contributed by atoms with E-state index < -0.39 is 11.9 Å². The number of rotatable bonds is 0. The lowest BCUT2D eigenvalue weighted by Crippen LogP contribution is -2.11. The molecule has 0 aromatic carbocycles. The van der Waals surface area contributed by atoms with E-state index in [9.17, 15) is 13.2 Å². The summed E-state index contributed by atoms with van der Waals surface area (Å²) >= 11 is 0. The number of nitrogens with zero attached hydrogens (tertiary/aromatic N) is 4. The molecule has 0 amide bonds. The molecule has 0 saturated heterocycles. The molecule has 0 radical (unpaired) electrons. The quantitative estimate of drug-likeness (QED) is 0.685. The van der Waals surface area contributed by atoms with Gasteiger partial charge in [0.2, 0.25) is 0 Å². The second-order valence-corrected chi connectivity index (χ2v) is 2.52. The molecule has 74 valence electrons. The lowest BCUT2D eigenvalue weighted by atomic mass is 10.5. The Morgan fingerprint density at radius 1 is 1.29 bits per heavy atom. The zero-order valence-electron chi connectivity index (χ0n) is 6.65. The molecule has 2 aromatic heterocycles. The van der Waals surface area contributed by atoms with Gasteiger partial charge in [-0.25, -0.2) is 14.5 Å². The van der Waals surface area contributed by atoms with Gasteiger partial charge in [0.1, 0.15) is 6.33 Å². The number of alkyl halides is 3. The lowest BCUT2D eigenvalue weighted by Gasteiger charge is -2.03. The van der Waals surface area contributed by atoms with Crippen LogP contribution in [0.15, 0.2) is 12.5 Å². The molecule has 0 aliphatic carbocycles.